The van der Waals surface area contributed by atoms with E-state index in [0.717, 1.165) is 18.4 Å². The molecule has 8 heteroatoms. The SMILES string of the molecule is C[C@@H](NS(C)(=O)=O)C(=O)N[C@H](c1ccc(F)cc1F)C(C)(C)C. The Morgan fingerprint density at radius 1 is 1.22 bits per heavy atom. The maximum Gasteiger partial charge on any atom is 0.238 e. The minimum absolute atomic E-state index is 0.138. The van der Waals surface area contributed by atoms with Crippen molar-refractivity contribution >= 4 is 15.9 Å². The van der Waals surface area contributed by atoms with Crippen LogP contribution in [0.4, 0.5) is 8.78 Å². The van der Waals surface area contributed by atoms with E-state index in [2.05, 4.69) is 10.0 Å². The van der Waals surface area contributed by atoms with Crippen molar-refractivity contribution in [2.75, 3.05) is 6.26 Å². The molecule has 5 nitrogen and oxygen atoms in total. The highest BCUT2D eigenvalue weighted by atomic mass is 32.2. The van der Waals surface area contributed by atoms with Crippen molar-refractivity contribution in [3.8, 4) is 0 Å². The summed E-state index contributed by atoms with van der Waals surface area (Å²) in [7, 11) is -3.55. The van der Waals surface area contributed by atoms with Crippen LogP contribution in [-0.4, -0.2) is 26.6 Å². The summed E-state index contributed by atoms with van der Waals surface area (Å²) in [5.74, 6) is -2.08. The Hall–Kier alpha value is -1.54. The van der Waals surface area contributed by atoms with E-state index in [4.69, 9.17) is 0 Å². The molecule has 0 saturated heterocycles. The molecular formula is C15H22F2N2O3S. The fraction of sp³-hybridized carbons (Fsp3) is 0.533. The molecule has 0 heterocycles. The van der Waals surface area contributed by atoms with Crippen LogP contribution in [0.1, 0.15) is 39.3 Å². The second-order valence-corrected chi connectivity index (χ2v) is 8.37. The first-order chi connectivity index (χ1) is 10.3. The Morgan fingerprint density at radius 2 is 1.78 bits per heavy atom. The topological polar surface area (TPSA) is 75.3 Å². The number of nitrogens with one attached hydrogen (secondary N) is 2. The molecule has 0 saturated carbocycles. The van der Waals surface area contributed by atoms with Gasteiger partial charge < -0.3 is 5.32 Å². The Morgan fingerprint density at radius 3 is 2.22 bits per heavy atom. The van der Waals surface area contributed by atoms with E-state index in [1.807, 2.05) is 0 Å². The highest BCUT2D eigenvalue weighted by Gasteiger charge is 2.31. The van der Waals surface area contributed by atoms with Gasteiger partial charge in [0.1, 0.15) is 11.6 Å². The molecule has 0 unspecified atom stereocenters. The van der Waals surface area contributed by atoms with Gasteiger partial charge in [0.25, 0.3) is 0 Å². The molecule has 1 aromatic rings. The van der Waals surface area contributed by atoms with E-state index < -0.39 is 45.1 Å². The summed E-state index contributed by atoms with van der Waals surface area (Å²) in [6.45, 7) is 6.75. The van der Waals surface area contributed by atoms with E-state index >= 15 is 0 Å². The highest BCUT2D eigenvalue weighted by Crippen LogP contribution is 2.34. The molecule has 0 aromatic heterocycles. The summed E-state index contributed by atoms with van der Waals surface area (Å²) in [6.07, 6.45) is 0.942. The Labute approximate surface area is 135 Å². The summed E-state index contributed by atoms with van der Waals surface area (Å²) in [5, 5.41) is 2.63. The molecule has 23 heavy (non-hydrogen) atoms. The van der Waals surface area contributed by atoms with Crippen LogP contribution in [-0.2, 0) is 14.8 Å². The zero-order chi connectivity index (χ0) is 18.0. The number of amides is 1. The van der Waals surface area contributed by atoms with Crippen LogP contribution >= 0.6 is 0 Å². The van der Waals surface area contributed by atoms with E-state index in [9.17, 15) is 22.0 Å². The summed E-state index contributed by atoms with van der Waals surface area (Å²) in [6, 6.07) is 1.37. The van der Waals surface area contributed by atoms with Gasteiger partial charge in [-0.25, -0.2) is 21.9 Å². The van der Waals surface area contributed by atoms with Gasteiger partial charge in [0, 0.05) is 11.6 Å². The standard InChI is InChI=1S/C15H22F2N2O3S/c1-9(19-23(5,21)22)14(20)18-13(15(2,3)4)11-7-6-10(16)8-12(11)17/h6-9,13,19H,1-5H3,(H,18,20)/t9-,13-/m1/s1. The van der Waals surface area contributed by atoms with Crippen LogP contribution in [0.3, 0.4) is 0 Å². The predicted molar refractivity (Wildman–Crippen MR) is 84.1 cm³/mol. The van der Waals surface area contributed by atoms with Crippen LogP contribution in [0.25, 0.3) is 0 Å². The van der Waals surface area contributed by atoms with Crippen LogP contribution in [0, 0.1) is 17.0 Å². The summed E-state index contributed by atoms with van der Waals surface area (Å²) in [5.41, 5.74) is -0.433. The fourth-order valence-electron chi connectivity index (χ4n) is 2.14. The number of sulfonamides is 1. The van der Waals surface area contributed by atoms with Gasteiger partial charge >= 0.3 is 0 Å². The Kier molecular flexibility index (Phi) is 5.87. The third-order valence-electron chi connectivity index (χ3n) is 3.21. The number of rotatable bonds is 5. The van der Waals surface area contributed by atoms with Crippen LogP contribution in [0.15, 0.2) is 18.2 Å². The van der Waals surface area contributed by atoms with Gasteiger partial charge in [0.15, 0.2) is 0 Å². The molecule has 0 bridgehead atoms. The normalized spacial score (nSPS) is 15.1. The Balaban J connectivity index is 3.08. The first kappa shape index (κ1) is 19.5. The lowest BCUT2D eigenvalue weighted by Crippen LogP contribution is -2.47. The van der Waals surface area contributed by atoms with Crippen molar-refractivity contribution in [3.63, 3.8) is 0 Å². The Bertz CT molecular complexity index is 684. The summed E-state index contributed by atoms with van der Waals surface area (Å²) < 4.78 is 51.7. The molecule has 1 amide bonds. The van der Waals surface area contributed by atoms with E-state index in [1.165, 1.54) is 13.0 Å². The largest absolute Gasteiger partial charge is 0.347 e. The molecule has 0 spiro atoms. The molecule has 0 aliphatic heterocycles. The van der Waals surface area contributed by atoms with E-state index in [0.29, 0.717) is 0 Å². The van der Waals surface area contributed by atoms with Crippen molar-refractivity contribution < 1.29 is 22.0 Å². The van der Waals surface area contributed by atoms with Gasteiger partial charge in [-0.2, -0.15) is 0 Å². The molecule has 0 radical (unpaired) electrons. The minimum Gasteiger partial charge on any atom is -0.347 e. The number of benzene rings is 1. The predicted octanol–water partition coefficient (Wildman–Crippen LogP) is 2.11. The van der Waals surface area contributed by atoms with Crippen molar-refractivity contribution in [3.05, 3.63) is 35.4 Å². The van der Waals surface area contributed by atoms with Crippen molar-refractivity contribution in [1.29, 1.82) is 0 Å². The molecule has 1 aromatic carbocycles. The minimum atomic E-state index is -3.55. The monoisotopic (exact) mass is 348 g/mol. The zero-order valence-corrected chi connectivity index (χ0v) is 14.6. The average molecular weight is 348 g/mol. The second-order valence-electron chi connectivity index (χ2n) is 6.59. The van der Waals surface area contributed by atoms with Crippen LogP contribution in [0.5, 0.6) is 0 Å². The number of hydrogen-bond acceptors (Lipinski definition) is 3. The van der Waals surface area contributed by atoms with Crippen LogP contribution < -0.4 is 10.0 Å². The number of carbonyl (C=O) groups excluding carboxylic acids is 1. The molecule has 1 rings (SSSR count). The highest BCUT2D eigenvalue weighted by molar-refractivity contribution is 7.88. The maximum absolute atomic E-state index is 14.1. The number of halogens is 2. The van der Waals surface area contributed by atoms with Crippen LogP contribution in [0.2, 0.25) is 0 Å². The van der Waals surface area contributed by atoms with Gasteiger partial charge in [0.05, 0.1) is 18.3 Å². The lowest BCUT2D eigenvalue weighted by molar-refractivity contribution is -0.123. The smallest absolute Gasteiger partial charge is 0.238 e. The maximum atomic E-state index is 14.1. The third-order valence-corrected chi connectivity index (χ3v) is 3.99. The quantitative estimate of drug-likeness (QED) is 0.856. The molecule has 2 N–H and O–H groups in total. The fourth-order valence-corrected chi connectivity index (χ4v) is 2.89. The number of hydrogen-bond donors (Lipinski definition) is 2. The summed E-state index contributed by atoms with van der Waals surface area (Å²) >= 11 is 0. The van der Waals surface area contributed by atoms with E-state index in [-0.39, 0.29) is 5.56 Å². The summed E-state index contributed by atoms with van der Waals surface area (Å²) in [4.78, 5) is 12.2. The lowest BCUT2D eigenvalue weighted by atomic mass is 9.82. The molecule has 0 aliphatic rings. The first-order valence-corrected chi connectivity index (χ1v) is 8.93. The molecule has 130 valence electrons. The molecule has 0 fully saturated rings. The van der Waals surface area contributed by atoms with Gasteiger partial charge in [-0.05, 0) is 18.4 Å². The van der Waals surface area contributed by atoms with Gasteiger partial charge in [0.2, 0.25) is 15.9 Å². The molecular weight excluding hydrogens is 326 g/mol. The third kappa shape index (κ3) is 5.87. The molecule has 0 aliphatic carbocycles. The van der Waals surface area contributed by atoms with Crippen molar-refractivity contribution in [1.82, 2.24) is 10.0 Å². The zero-order valence-electron chi connectivity index (χ0n) is 13.8. The van der Waals surface area contributed by atoms with Gasteiger partial charge in [-0.3, -0.25) is 4.79 Å². The van der Waals surface area contributed by atoms with Gasteiger partial charge in [-0.1, -0.05) is 26.8 Å². The van der Waals surface area contributed by atoms with Crippen molar-refractivity contribution in [2.45, 2.75) is 39.8 Å². The lowest BCUT2D eigenvalue weighted by Gasteiger charge is -2.33. The second kappa shape index (κ2) is 6.92. The van der Waals surface area contributed by atoms with Gasteiger partial charge in [-0.15, -0.1) is 0 Å². The van der Waals surface area contributed by atoms with E-state index in [1.54, 1.807) is 20.8 Å². The first-order valence-electron chi connectivity index (χ1n) is 7.04. The molecule has 2 atom stereocenters. The van der Waals surface area contributed by atoms with Crippen molar-refractivity contribution in [2.24, 2.45) is 5.41 Å². The average Bonchev–Trinajstić information content (AvgIpc) is 2.33. The number of carbonyl (C=O) groups is 1.